The Kier molecular flexibility index (Phi) is 14.3. The van der Waals surface area contributed by atoms with E-state index in [1.54, 1.807) is 0 Å². The summed E-state index contributed by atoms with van der Waals surface area (Å²) in [5, 5.41) is 4.33. The predicted octanol–water partition coefficient (Wildman–Crippen LogP) is 2.95. The average Bonchev–Trinajstić information content (AvgIpc) is 3.33. The third-order valence-electron chi connectivity index (χ3n) is 13.3. The summed E-state index contributed by atoms with van der Waals surface area (Å²) in [6, 6.07) is 47.8. The Balaban J connectivity index is 0.00000232. The van der Waals surface area contributed by atoms with Gasteiger partial charge in [0.05, 0.1) is 0 Å². The first-order valence-corrected chi connectivity index (χ1v) is 21.7. The van der Waals surface area contributed by atoms with Gasteiger partial charge in [0.2, 0.25) is 0 Å². The molecule has 0 N–H and O–H groups in total. The minimum Gasteiger partial charge on any atom is -1.00 e. The van der Waals surface area contributed by atoms with Gasteiger partial charge in [-0.25, -0.2) is 0 Å². The van der Waals surface area contributed by atoms with Crippen LogP contribution >= 0.6 is 0 Å². The zero-order chi connectivity index (χ0) is 37.8. The first-order valence-electron chi connectivity index (χ1n) is 19.0. The van der Waals surface area contributed by atoms with E-state index in [0.717, 1.165) is 0 Å². The molecule has 0 spiro atoms. The van der Waals surface area contributed by atoms with Gasteiger partial charge in [0.25, 0.3) is 0 Å². The van der Waals surface area contributed by atoms with E-state index in [1.165, 1.54) is 103 Å². The van der Waals surface area contributed by atoms with Crippen molar-refractivity contribution in [1.29, 1.82) is 0 Å². The Bertz CT molecular complexity index is 2200. The van der Waals surface area contributed by atoms with Crippen LogP contribution in [0.15, 0.2) is 148 Å². The van der Waals surface area contributed by atoms with Crippen LogP contribution in [0.25, 0.3) is 33.4 Å². The normalized spacial score (nSPS) is 15.3. The molecule has 0 nitrogen and oxygen atoms in total. The number of allylic oxidation sites excluding steroid dienone is 4. The van der Waals surface area contributed by atoms with Crippen LogP contribution in [0.4, 0.5) is 0 Å². The molecule has 0 saturated carbocycles. The van der Waals surface area contributed by atoms with E-state index >= 15 is 0 Å². The zero-order valence-electron chi connectivity index (χ0n) is 34.3. The van der Waals surface area contributed by atoms with Gasteiger partial charge in [-0.2, -0.15) is 0 Å². The van der Waals surface area contributed by atoms with Crippen molar-refractivity contribution in [2.75, 3.05) is 0 Å². The molecule has 0 aliphatic heterocycles. The molecule has 0 aromatic heterocycles. The summed E-state index contributed by atoms with van der Waals surface area (Å²) in [5.41, 5.74) is 20.5. The number of rotatable bonds is 7. The molecule has 284 valence electrons. The van der Waals surface area contributed by atoms with Crippen LogP contribution in [0.3, 0.4) is 0 Å². The Labute approximate surface area is 367 Å². The summed E-state index contributed by atoms with van der Waals surface area (Å²) >= 11 is 2.44. The van der Waals surface area contributed by atoms with Crippen LogP contribution in [0.1, 0.15) is 61.1 Å². The molecule has 0 saturated heterocycles. The Hall–Kier alpha value is -3.40. The summed E-state index contributed by atoms with van der Waals surface area (Å²) in [6.07, 6.45) is 0. The van der Waals surface area contributed by atoms with E-state index < -0.39 is 8.07 Å². The van der Waals surface area contributed by atoms with E-state index in [0.29, 0.717) is 0 Å². The van der Waals surface area contributed by atoms with Crippen LogP contribution in [0.5, 0.6) is 0 Å². The van der Waals surface area contributed by atoms with Gasteiger partial charge in [0, 0.05) is 0 Å². The fourth-order valence-electron chi connectivity index (χ4n) is 9.59. The fraction of sp³-hybridized carbons (Fsp3) is 0.216. The van der Waals surface area contributed by atoms with Gasteiger partial charge in [0.15, 0.2) is 0 Å². The van der Waals surface area contributed by atoms with Crippen molar-refractivity contribution < 1.29 is 57.7 Å². The van der Waals surface area contributed by atoms with Gasteiger partial charge < -0.3 is 37.2 Å². The maximum atomic E-state index is 2.61. The topological polar surface area (TPSA) is 0 Å². The van der Waals surface area contributed by atoms with Gasteiger partial charge in [-0.3, -0.25) is 0 Å². The average molecular weight is 846 g/mol. The molecule has 5 heteroatoms. The summed E-state index contributed by atoms with van der Waals surface area (Å²) in [5.74, 6) is 0. The van der Waals surface area contributed by atoms with Crippen molar-refractivity contribution in [3.63, 3.8) is 0 Å². The second-order valence-corrected chi connectivity index (χ2v) is 20.4. The van der Waals surface area contributed by atoms with E-state index in [9.17, 15) is 0 Å². The number of hydrogen-bond donors (Lipinski definition) is 0. The summed E-state index contributed by atoms with van der Waals surface area (Å²) in [7, 11) is -3.04. The molecule has 1 unspecified atom stereocenters. The third kappa shape index (κ3) is 6.87. The minimum atomic E-state index is -3.04. The van der Waals surface area contributed by atoms with E-state index in [-0.39, 0.29) is 42.3 Å². The van der Waals surface area contributed by atoms with E-state index in [2.05, 4.69) is 217 Å². The summed E-state index contributed by atoms with van der Waals surface area (Å²) in [6.45, 7) is 24.1. The quantitative estimate of drug-likeness (QED) is 0.172. The number of hydrogen-bond acceptors (Lipinski definition) is 0. The molecule has 0 bridgehead atoms. The summed E-state index contributed by atoms with van der Waals surface area (Å²) < 4.78 is 1.51. The van der Waals surface area contributed by atoms with Crippen LogP contribution in [0, 0.1) is 41.5 Å². The molecule has 1 atom stereocenters. The van der Waals surface area contributed by atoms with Gasteiger partial charge in [0.1, 0.15) is 0 Å². The summed E-state index contributed by atoms with van der Waals surface area (Å²) in [4.78, 5) is 0. The van der Waals surface area contributed by atoms with Crippen LogP contribution < -0.4 is 52.8 Å². The molecule has 7 rings (SSSR count). The molecule has 0 amide bonds. The third-order valence-corrected chi connectivity index (χ3v) is 21.3. The fourth-order valence-corrected chi connectivity index (χ4v) is 18.1. The van der Waals surface area contributed by atoms with Crippen molar-refractivity contribution >= 4 is 23.6 Å². The zero-order valence-corrected chi connectivity index (χ0v) is 39.1. The largest absolute Gasteiger partial charge is 1.00 e. The molecule has 1 aliphatic carbocycles. The molecule has 0 radical (unpaired) electrons. The first kappa shape index (κ1) is 45.3. The standard InChI is InChI=1S/C51H51Si.3ClH.Ti/c1-33-32-51(10,41(9)34(33)2)52(48-29-26-45(35(3)38(48)6)42-20-14-11-15-21-42,49-30-27-46(36(4)39(49)7)43-22-16-12-17-23-43)50-31-28-47(37(5)40(50)8)44-24-18-13-19-25-44;;;;/h11-31H,1-10H3;3*1H;/q;;;;+3/p-3. The van der Waals surface area contributed by atoms with Crippen LogP contribution in [-0.4, -0.2) is 8.07 Å². The molecule has 6 aromatic rings. The van der Waals surface area contributed by atoms with E-state index in [4.69, 9.17) is 0 Å². The SMILES string of the molecule is CC1=C(C)C(C)([Si](c2ccc(-c3ccccc3)c(C)c2C)(c2ccc(-c3ccccc3)c(C)c2C)c2ccc(-c3ccccc3)c(C)c2C)[C]([Ti+3])=C1C.[Cl-].[Cl-].[Cl-]. The number of halogens is 3. The van der Waals surface area contributed by atoms with Crippen molar-refractivity contribution in [2.24, 2.45) is 0 Å². The van der Waals surface area contributed by atoms with Crippen LogP contribution in [-0.2, 0) is 20.4 Å². The van der Waals surface area contributed by atoms with Crippen molar-refractivity contribution in [3.05, 3.63) is 181 Å². The number of benzene rings is 6. The Morgan fingerprint density at radius 3 is 0.911 bits per heavy atom. The van der Waals surface area contributed by atoms with Crippen molar-refractivity contribution in [2.45, 2.75) is 74.3 Å². The Morgan fingerprint density at radius 1 is 0.375 bits per heavy atom. The van der Waals surface area contributed by atoms with Gasteiger partial charge in [-0.05, 0) is 0 Å². The second-order valence-electron chi connectivity index (χ2n) is 15.5. The molecule has 6 aromatic carbocycles. The predicted molar refractivity (Wildman–Crippen MR) is 228 cm³/mol. The monoisotopic (exact) mass is 844 g/mol. The maximum Gasteiger partial charge on any atom is -1.00 e. The minimum absolute atomic E-state index is 0. The molecule has 1 aliphatic rings. The van der Waals surface area contributed by atoms with Crippen molar-refractivity contribution in [3.8, 4) is 33.4 Å². The smallest absolute Gasteiger partial charge is 1.00 e. The first-order chi connectivity index (χ1) is 25.4. The van der Waals surface area contributed by atoms with Gasteiger partial charge in [-0.1, -0.05) is 0 Å². The second kappa shape index (κ2) is 17.6. The van der Waals surface area contributed by atoms with E-state index in [1.807, 2.05) is 0 Å². The maximum absolute atomic E-state index is 3.04. The molecule has 0 fully saturated rings. The van der Waals surface area contributed by atoms with Crippen LogP contribution in [0.2, 0.25) is 5.04 Å². The molecule has 56 heavy (non-hydrogen) atoms. The van der Waals surface area contributed by atoms with Crippen molar-refractivity contribution in [1.82, 2.24) is 0 Å². The molecular weight excluding hydrogens is 795 g/mol. The van der Waals surface area contributed by atoms with Gasteiger partial charge >= 0.3 is 333 Å². The molecular formula is C51H51Cl3SiTi. The Morgan fingerprint density at radius 2 is 0.661 bits per heavy atom. The molecule has 0 heterocycles. The van der Waals surface area contributed by atoms with Gasteiger partial charge in [-0.15, -0.1) is 0 Å².